The van der Waals surface area contributed by atoms with Crippen LogP contribution in [0.25, 0.3) is 0 Å². The SMILES string of the molecule is COCCOCOC[C@@]1([C@@H](O)[C@@H]2C=CCCC2)COC(=O)N1Cc1ccc(OC)cc1. The van der Waals surface area contributed by atoms with Crippen molar-refractivity contribution in [1.82, 2.24) is 4.90 Å². The zero-order valence-electron chi connectivity index (χ0n) is 18.3. The van der Waals surface area contributed by atoms with Gasteiger partial charge in [-0.3, -0.25) is 4.90 Å². The van der Waals surface area contributed by atoms with Gasteiger partial charge in [0.15, 0.2) is 0 Å². The molecule has 0 radical (unpaired) electrons. The van der Waals surface area contributed by atoms with Crippen molar-refractivity contribution in [1.29, 1.82) is 0 Å². The molecule has 172 valence electrons. The smallest absolute Gasteiger partial charge is 0.410 e. The zero-order valence-corrected chi connectivity index (χ0v) is 18.3. The predicted octanol–water partition coefficient (Wildman–Crippen LogP) is 2.74. The van der Waals surface area contributed by atoms with Crippen LogP contribution in [0.4, 0.5) is 4.79 Å². The normalized spacial score (nSPS) is 24.3. The summed E-state index contributed by atoms with van der Waals surface area (Å²) in [6, 6.07) is 7.49. The minimum absolute atomic E-state index is 0.0445. The monoisotopic (exact) mass is 435 g/mol. The Morgan fingerprint density at radius 3 is 2.71 bits per heavy atom. The van der Waals surface area contributed by atoms with Crippen LogP contribution < -0.4 is 4.74 Å². The first-order valence-corrected chi connectivity index (χ1v) is 10.7. The number of rotatable bonds is 12. The summed E-state index contributed by atoms with van der Waals surface area (Å²) in [6.07, 6.45) is 5.71. The first kappa shape index (κ1) is 23.5. The Morgan fingerprint density at radius 2 is 2.03 bits per heavy atom. The van der Waals surface area contributed by atoms with Gasteiger partial charge in [-0.2, -0.15) is 0 Å². The van der Waals surface area contributed by atoms with Crippen molar-refractivity contribution in [2.24, 2.45) is 5.92 Å². The number of hydrogen-bond acceptors (Lipinski definition) is 7. The van der Waals surface area contributed by atoms with Gasteiger partial charge in [-0.05, 0) is 37.0 Å². The number of benzene rings is 1. The summed E-state index contributed by atoms with van der Waals surface area (Å²) in [6.45, 7) is 1.38. The van der Waals surface area contributed by atoms with Crippen LogP contribution in [0.3, 0.4) is 0 Å². The molecule has 1 saturated heterocycles. The first-order chi connectivity index (χ1) is 15.1. The van der Waals surface area contributed by atoms with Crippen molar-refractivity contribution in [2.75, 3.05) is 47.4 Å². The lowest BCUT2D eigenvalue weighted by Gasteiger charge is -2.42. The van der Waals surface area contributed by atoms with E-state index < -0.39 is 17.7 Å². The van der Waals surface area contributed by atoms with Crippen molar-refractivity contribution in [2.45, 2.75) is 37.5 Å². The molecule has 3 rings (SSSR count). The number of nitrogens with zero attached hydrogens (tertiary/aromatic N) is 1. The molecule has 0 saturated carbocycles. The lowest BCUT2D eigenvalue weighted by Crippen LogP contribution is -2.60. The number of hydrogen-bond donors (Lipinski definition) is 1. The van der Waals surface area contributed by atoms with E-state index in [1.54, 1.807) is 19.1 Å². The number of carbonyl (C=O) groups is 1. The van der Waals surface area contributed by atoms with E-state index in [1.807, 2.05) is 30.3 Å². The lowest BCUT2D eigenvalue weighted by atomic mass is 9.79. The number of ether oxygens (including phenoxy) is 5. The fraction of sp³-hybridized carbons (Fsp3) is 0.609. The minimum Gasteiger partial charge on any atom is -0.497 e. The molecule has 0 spiro atoms. The maximum Gasteiger partial charge on any atom is 0.410 e. The van der Waals surface area contributed by atoms with Crippen molar-refractivity contribution in [3.63, 3.8) is 0 Å². The van der Waals surface area contributed by atoms with Gasteiger partial charge in [-0.15, -0.1) is 0 Å². The summed E-state index contributed by atoms with van der Waals surface area (Å²) in [4.78, 5) is 14.3. The average Bonchev–Trinajstić information content (AvgIpc) is 3.13. The van der Waals surface area contributed by atoms with E-state index in [0.29, 0.717) is 19.8 Å². The standard InChI is InChI=1S/C23H33NO7/c1-27-12-13-29-17-30-15-23(21(25)19-6-4-3-5-7-19)16-31-22(26)24(23)14-18-8-10-20(28-2)11-9-18/h4,6,8-11,19,21,25H,3,5,7,12-17H2,1-2H3/t19-,21+,23+/m1/s1. The Labute approximate surface area is 183 Å². The summed E-state index contributed by atoms with van der Waals surface area (Å²) in [5.41, 5.74) is -0.0969. The van der Waals surface area contributed by atoms with Gasteiger partial charge < -0.3 is 28.8 Å². The van der Waals surface area contributed by atoms with Crippen molar-refractivity contribution in [3.05, 3.63) is 42.0 Å². The van der Waals surface area contributed by atoms with E-state index >= 15 is 0 Å². The van der Waals surface area contributed by atoms with Crippen molar-refractivity contribution < 1.29 is 33.6 Å². The van der Waals surface area contributed by atoms with Crippen LogP contribution in [-0.2, 0) is 25.5 Å². The Balaban J connectivity index is 1.78. The van der Waals surface area contributed by atoms with E-state index in [0.717, 1.165) is 30.6 Å². The van der Waals surface area contributed by atoms with Gasteiger partial charge in [-0.25, -0.2) is 4.79 Å². The molecule has 0 unspecified atom stereocenters. The third-order valence-electron chi connectivity index (χ3n) is 5.90. The minimum atomic E-state index is -1.01. The quantitative estimate of drug-likeness (QED) is 0.307. The molecule has 8 nitrogen and oxygen atoms in total. The second kappa shape index (κ2) is 11.5. The lowest BCUT2D eigenvalue weighted by molar-refractivity contribution is -0.122. The summed E-state index contributed by atoms with van der Waals surface area (Å²) >= 11 is 0. The molecule has 0 aromatic heterocycles. The molecule has 1 aliphatic carbocycles. The Bertz CT molecular complexity index is 723. The number of cyclic esters (lactones) is 1. The molecule has 0 bridgehead atoms. The largest absolute Gasteiger partial charge is 0.497 e. The topological polar surface area (TPSA) is 86.7 Å². The number of aliphatic hydroxyl groups excluding tert-OH is 1. The van der Waals surface area contributed by atoms with Crippen molar-refractivity contribution >= 4 is 6.09 Å². The molecule has 1 aliphatic heterocycles. The van der Waals surface area contributed by atoms with Gasteiger partial charge >= 0.3 is 6.09 Å². The van der Waals surface area contributed by atoms with Crippen LogP contribution in [0.2, 0.25) is 0 Å². The molecule has 3 atom stereocenters. The number of carbonyl (C=O) groups excluding carboxylic acids is 1. The Morgan fingerprint density at radius 1 is 1.23 bits per heavy atom. The van der Waals surface area contributed by atoms with Gasteiger partial charge in [0.05, 0.1) is 33.0 Å². The van der Waals surface area contributed by atoms with Crippen LogP contribution >= 0.6 is 0 Å². The molecule has 1 amide bonds. The molecule has 2 aliphatic rings. The van der Waals surface area contributed by atoms with E-state index in [2.05, 4.69) is 6.08 Å². The molecule has 1 heterocycles. The molecule has 31 heavy (non-hydrogen) atoms. The fourth-order valence-corrected chi connectivity index (χ4v) is 4.09. The highest BCUT2D eigenvalue weighted by molar-refractivity contribution is 5.71. The second-order valence-electron chi connectivity index (χ2n) is 7.93. The summed E-state index contributed by atoms with van der Waals surface area (Å²) in [7, 11) is 3.21. The van der Waals surface area contributed by atoms with E-state index in [9.17, 15) is 9.90 Å². The number of allylic oxidation sites excluding steroid dienone is 1. The van der Waals surface area contributed by atoms with Crippen molar-refractivity contribution in [3.8, 4) is 5.75 Å². The highest BCUT2D eigenvalue weighted by Gasteiger charge is 2.54. The maximum atomic E-state index is 12.7. The molecule has 1 N–H and O–H groups in total. The maximum absolute atomic E-state index is 12.7. The third-order valence-corrected chi connectivity index (χ3v) is 5.90. The molecular weight excluding hydrogens is 402 g/mol. The van der Waals surface area contributed by atoms with Gasteiger partial charge in [0, 0.05) is 19.6 Å². The van der Waals surface area contributed by atoms with Gasteiger partial charge in [0.1, 0.15) is 24.7 Å². The fourth-order valence-electron chi connectivity index (χ4n) is 4.09. The Kier molecular flexibility index (Phi) is 8.71. The van der Waals surface area contributed by atoms with E-state index in [-0.39, 0.29) is 25.9 Å². The molecule has 1 aromatic rings. The van der Waals surface area contributed by atoms with Gasteiger partial charge in [0.2, 0.25) is 0 Å². The number of amides is 1. The van der Waals surface area contributed by atoms with Crippen LogP contribution in [0.5, 0.6) is 5.75 Å². The first-order valence-electron chi connectivity index (χ1n) is 10.7. The van der Waals surface area contributed by atoms with Crippen LogP contribution in [-0.4, -0.2) is 75.2 Å². The average molecular weight is 436 g/mol. The molecule has 8 heteroatoms. The highest BCUT2D eigenvalue weighted by Crippen LogP contribution is 2.36. The van der Waals surface area contributed by atoms with Crippen LogP contribution in [0.15, 0.2) is 36.4 Å². The third kappa shape index (κ3) is 5.77. The predicted molar refractivity (Wildman–Crippen MR) is 114 cm³/mol. The van der Waals surface area contributed by atoms with E-state index in [4.69, 9.17) is 23.7 Å². The van der Waals surface area contributed by atoms with Gasteiger partial charge in [0.25, 0.3) is 0 Å². The molecular formula is C23H33NO7. The number of methoxy groups -OCH3 is 2. The van der Waals surface area contributed by atoms with Crippen LogP contribution in [0, 0.1) is 5.92 Å². The Hall–Kier alpha value is -2.13. The summed E-state index contributed by atoms with van der Waals surface area (Å²) < 4.78 is 26.8. The summed E-state index contributed by atoms with van der Waals surface area (Å²) in [5, 5.41) is 11.4. The molecule has 1 aromatic carbocycles. The van der Waals surface area contributed by atoms with Crippen LogP contribution in [0.1, 0.15) is 24.8 Å². The summed E-state index contributed by atoms with van der Waals surface area (Å²) in [5.74, 6) is 0.669. The molecule has 1 fully saturated rings. The zero-order chi connectivity index (χ0) is 22.1. The second-order valence-corrected chi connectivity index (χ2v) is 7.93. The highest BCUT2D eigenvalue weighted by atomic mass is 16.7. The van der Waals surface area contributed by atoms with E-state index in [1.165, 1.54) is 0 Å². The van der Waals surface area contributed by atoms with Gasteiger partial charge in [-0.1, -0.05) is 24.3 Å². The number of aliphatic hydroxyl groups is 1.